The number of sulfonamides is 1. The van der Waals surface area contributed by atoms with Crippen molar-refractivity contribution in [3.05, 3.63) is 88.4 Å². The summed E-state index contributed by atoms with van der Waals surface area (Å²) in [5.41, 5.74) is 0.373. The average molecular weight is 481 g/mol. The van der Waals surface area contributed by atoms with Crippen LogP contribution < -0.4 is 10.1 Å². The number of anilines is 1. The van der Waals surface area contributed by atoms with E-state index < -0.39 is 27.6 Å². The second-order valence-electron chi connectivity index (χ2n) is 6.82. The fraction of sp³-hybridized carbons (Fsp3) is 0.136. The summed E-state index contributed by atoms with van der Waals surface area (Å²) >= 11 is 5.83. The Bertz CT molecular complexity index is 1250. The molecule has 10 heteroatoms. The van der Waals surface area contributed by atoms with Crippen LogP contribution in [0.25, 0.3) is 0 Å². The number of carbonyl (C=O) groups excluding carboxylic acids is 1. The lowest BCUT2D eigenvalue weighted by molar-refractivity contribution is 0.102. The third-order valence-corrected chi connectivity index (χ3v) is 6.71. The highest BCUT2D eigenvalue weighted by molar-refractivity contribution is 7.89. The normalized spacial score (nSPS) is 11.4. The van der Waals surface area contributed by atoms with Gasteiger partial charge in [-0.3, -0.25) is 4.79 Å². The van der Waals surface area contributed by atoms with E-state index in [1.54, 1.807) is 0 Å². The monoisotopic (exact) mass is 480 g/mol. The van der Waals surface area contributed by atoms with Gasteiger partial charge in [0.1, 0.15) is 17.4 Å². The Labute approximate surface area is 189 Å². The Kier molecular flexibility index (Phi) is 7.12. The van der Waals surface area contributed by atoms with Crippen LogP contribution in [0.2, 0.25) is 5.02 Å². The Morgan fingerprint density at radius 1 is 1.06 bits per heavy atom. The lowest BCUT2D eigenvalue weighted by Crippen LogP contribution is -2.27. The van der Waals surface area contributed by atoms with Crippen LogP contribution in [0, 0.1) is 11.6 Å². The SMILES string of the molecule is COc1ccc(C(=O)Nc2ccc(F)cc2F)cc1CN(C)S(=O)(=O)c1ccc(Cl)cc1. The van der Waals surface area contributed by atoms with Crippen molar-refractivity contribution < 1.29 is 26.7 Å². The van der Waals surface area contributed by atoms with Gasteiger partial charge in [0.15, 0.2) is 0 Å². The molecule has 0 radical (unpaired) electrons. The standard InChI is InChI=1S/C22H19ClF2N2O4S/c1-27(32(29,30)18-7-4-16(23)5-8-18)13-15-11-14(3-10-21(15)31-2)22(28)26-20-9-6-17(24)12-19(20)25/h3-12H,13H2,1-2H3,(H,26,28). The highest BCUT2D eigenvalue weighted by Crippen LogP contribution is 2.25. The number of nitrogens with zero attached hydrogens (tertiary/aromatic N) is 1. The summed E-state index contributed by atoms with van der Waals surface area (Å²) in [6, 6.07) is 12.9. The number of benzene rings is 3. The third-order valence-electron chi connectivity index (χ3n) is 4.64. The van der Waals surface area contributed by atoms with Crippen molar-refractivity contribution in [1.82, 2.24) is 4.31 Å². The Balaban J connectivity index is 1.85. The molecule has 6 nitrogen and oxygen atoms in total. The maximum atomic E-state index is 13.9. The Morgan fingerprint density at radius 3 is 2.38 bits per heavy atom. The van der Waals surface area contributed by atoms with E-state index in [-0.39, 0.29) is 22.7 Å². The first-order valence-electron chi connectivity index (χ1n) is 9.27. The van der Waals surface area contributed by atoms with Gasteiger partial charge in [-0.15, -0.1) is 0 Å². The van der Waals surface area contributed by atoms with Crippen molar-refractivity contribution in [1.29, 1.82) is 0 Å². The predicted molar refractivity (Wildman–Crippen MR) is 117 cm³/mol. The molecule has 1 N–H and O–H groups in total. The molecule has 32 heavy (non-hydrogen) atoms. The minimum Gasteiger partial charge on any atom is -0.496 e. The first-order chi connectivity index (χ1) is 15.1. The number of nitrogens with one attached hydrogen (secondary N) is 1. The van der Waals surface area contributed by atoms with Gasteiger partial charge in [-0.1, -0.05) is 11.6 Å². The maximum Gasteiger partial charge on any atom is 0.255 e. The lowest BCUT2D eigenvalue weighted by Gasteiger charge is -2.19. The smallest absolute Gasteiger partial charge is 0.255 e. The van der Waals surface area contributed by atoms with Crippen LogP contribution in [-0.4, -0.2) is 32.8 Å². The minimum atomic E-state index is -3.84. The number of amides is 1. The Morgan fingerprint density at radius 2 is 1.75 bits per heavy atom. The molecule has 0 bridgehead atoms. The van der Waals surface area contributed by atoms with Gasteiger partial charge in [-0.05, 0) is 54.6 Å². The summed E-state index contributed by atoms with van der Waals surface area (Å²) in [7, 11) is -1.03. The first kappa shape index (κ1) is 23.6. The molecule has 0 saturated carbocycles. The molecular weight excluding hydrogens is 462 g/mol. The molecule has 3 aromatic carbocycles. The molecule has 168 valence electrons. The fourth-order valence-corrected chi connectivity index (χ4v) is 4.22. The van der Waals surface area contributed by atoms with Crippen molar-refractivity contribution in [2.24, 2.45) is 0 Å². The largest absolute Gasteiger partial charge is 0.496 e. The van der Waals surface area contributed by atoms with Gasteiger partial charge in [0.05, 0.1) is 17.7 Å². The summed E-state index contributed by atoms with van der Waals surface area (Å²) < 4.78 is 59.1. The molecule has 0 spiro atoms. The highest BCUT2D eigenvalue weighted by atomic mass is 35.5. The molecule has 0 unspecified atom stereocenters. The number of halogens is 3. The molecule has 1 amide bonds. The van der Waals surface area contributed by atoms with E-state index in [1.165, 1.54) is 56.6 Å². The van der Waals surface area contributed by atoms with Crippen molar-refractivity contribution in [2.45, 2.75) is 11.4 Å². The summed E-state index contributed by atoms with van der Waals surface area (Å²) in [6.45, 7) is -0.0971. The van der Waals surface area contributed by atoms with Crippen molar-refractivity contribution >= 4 is 33.2 Å². The summed E-state index contributed by atoms with van der Waals surface area (Å²) in [5.74, 6) is -1.96. The summed E-state index contributed by atoms with van der Waals surface area (Å²) in [5, 5.41) is 2.77. The third kappa shape index (κ3) is 5.24. The van der Waals surface area contributed by atoms with Gasteiger partial charge in [-0.25, -0.2) is 17.2 Å². The maximum absolute atomic E-state index is 13.9. The molecule has 0 heterocycles. The minimum absolute atomic E-state index is 0.0593. The van der Waals surface area contributed by atoms with Gasteiger partial charge < -0.3 is 10.1 Å². The van der Waals surface area contributed by atoms with Crippen LogP contribution in [0.1, 0.15) is 15.9 Å². The summed E-state index contributed by atoms with van der Waals surface area (Å²) in [6.07, 6.45) is 0. The van der Waals surface area contributed by atoms with E-state index >= 15 is 0 Å². The van der Waals surface area contributed by atoms with Gasteiger partial charge in [0, 0.05) is 35.8 Å². The molecule has 0 aliphatic carbocycles. The number of hydrogen-bond acceptors (Lipinski definition) is 4. The molecule has 3 rings (SSSR count). The van der Waals surface area contributed by atoms with E-state index in [4.69, 9.17) is 16.3 Å². The Hall–Kier alpha value is -3.01. The van der Waals surface area contributed by atoms with E-state index in [0.717, 1.165) is 16.4 Å². The van der Waals surface area contributed by atoms with Gasteiger partial charge in [-0.2, -0.15) is 4.31 Å². The van der Waals surface area contributed by atoms with Crippen LogP contribution in [0.3, 0.4) is 0 Å². The van der Waals surface area contributed by atoms with Crippen LogP contribution in [0.15, 0.2) is 65.6 Å². The van der Waals surface area contributed by atoms with Crippen LogP contribution in [-0.2, 0) is 16.6 Å². The number of rotatable bonds is 7. The van der Waals surface area contributed by atoms with Gasteiger partial charge >= 0.3 is 0 Å². The molecule has 0 aromatic heterocycles. The zero-order chi connectivity index (χ0) is 23.5. The number of methoxy groups -OCH3 is 1. The summed E-state index contributed by atoms with van der Waals surface area (Å²) in [4.78, 5) is 12.6. The zero-order valence-corrected chi connectivity index (χ0v) is 18.7. The number of carbonyl (C=O) groups is 1. The van der Waals surface area contributed by atoms with Crippen LogP contribution >= 0.6 is 11.6 Å². The highest BCUT2D eigenvalue weighted by Gasteiger charge is 2.23. The van der Waals surface area contributed by atoms with Gasteiger partial charge in [0.2, 0.25) is 10.0 Å². The molecular formula is C22H19ClF2N2O4S. The fourth-order valence-electron chi connectivity index (χ4n) is 2.94. The van der Waals surface area contributed by atoms with Crippen molar-refractivity contribution in [2.75, 3.05) is 19.5 Å². The molecule has 0 aliphatic rings. The molecule has 3 aromatic rings. The molecule has 0 fully saturated rings. The van der Waals surface area contributed by atoms with Crippen molar-refractivity contribution in [3.8, 4) is 5.75 Å². The molecule has 0 atom stereocenters. The zero-order valence-electron chi connectivity index (χ0n) is 17.1. The molecule has 0 aliphatic heterocycles. The van der Waals surface area contributed by atoms with Crippen LogP contribution in [0.5, 0.6) is 5.75 Å². The van der Waals surface area contributed by atoms with Crippen LogP contribution in [0.4, 0.5) is 14.5 Å². The van der Waals surface area contributed by atoms with E-state index in [2.05, 4.69) is 5.32 Å². The second-order valence-corrected chi connectivity index (χ2v) is 9.30. The predicted octanol–water partition coefficient (Wildman–Crippen LogP) is 4.70. The average Bonchev–Trinajstić information content (AvgIpc) is 2.75. The molecule has 0 saturated heterocycles. The topological polar surface area (TPSA) is 75.7 Å². The van der Waals surface area contributed by atoms with Gasteiger partial charge in [0.25, 0.3) is 5.91 Å². The van der Waals surface area contributed by atoms with E-state index in [1.807, 2.05) is 0 Å². The number of hydrogen-bond donors (Lipinski definition) is 1. The quantitative estimate of drug-likeness (QED) is 0.532. The van der Waals surface area contributed by atoms with E-state index in [9.17, 15) is 22.0 Å². The van der Waals surface area contributed by atoms with E-state index in [0.29, 0.717) is 22.4 Å². The number of ether oxygens (including phenoxy) is 1. The second kappa shape index (κ2) is 9.64. The lowest BCUT2D eigenvalue weighted by atomic mass is 10.1. The first-order valence-corrected chi connectivity index (χ1v) is 11.1. The van der Waals surface area contributed by atoms with Crippen molar-refractivity contribution in [3.63, 3.8) is 0 Å².